The van der Waals surface area contributed by atoms with Crippen LogP contribution >= 0.6 is 0 Å². The molecule has 134 valence electrons. The Balaban J connectivity index is 1.60. The molecule has 4 nitrogen and oxygen atoms in total. The van der Waals surface area contributed by atoms with Gasteiger partial charge in [-0.2, -0.15) is 0 Å². The average Bonchev–Trinajstić information content (AvgIpc) is 3.11. The van der Waals surface area contributed by atoms with E-state index in [9.17, 15) is 4.79 Å². The van der Waals surface area contributed by atoms with Gasteiger partial charge in [0.05, 0.1) is 13.2 Å². The number of rotatable bonds is 4. The Bertz CT molecular complexity index is 712. The van der Waals surface area contributed by atoms with Crippen LogP contribution in [0.2, 0.25) is 0 Å². The van der Waals surface area contributed by atoms with Gasteiger partial charge in [0, 0.05) is 36.6 Å². The van der Waals surface area contributed by atoms with Crippen LogP contribution in [0, 0.1) is 5.92 Å². The van der Waals surface area contributed by atoms with Crippen molar-refractivity contribution in [1.29, 1.82) is 0 Å². The number of fused-ring (bicyclic) bond motifs is 1. The van der Waals surface area contributed by atoms with E-state index >= 15 is 0 Å². The van der Waals surface area contributed by atoms with Gasteiger partial charge < -0.3 is 14.6 Å². The van der Waals surface area contributed by atoms with Crippen molar-refractivity contribution < 1.29 is 9.53 Å². The molecule has 1 saturated carbocycles. The Morgan fingerprint density at radius 2 is 1.92 bits per heavy atom. The maximum atomic E-state index is 12.9. The maximum Gasteiger partial charge on any atom is 0.223 e. The van der Waals surface area contributed by atoms with E-state index in [4.69, 9.17) is 4.74 Å². The Labute approximate surface area is 149 Å². The molecule has 1 aliphatic carbocycles. The van der Waals surface area contributed by atoms with Crippen LogP contribution in [-0.2, 0) is 9.53 Å². The summed E-state index contributed by atoms with van der Waals surface area (Å²) >= 11 is 0. The van der Waals surface area contributed by atoms with Crippen molar-refractivity contribution >= 4 is 16.8 Å². The lowest BCUT2D eigenvalue weighted by molar-refractivity contribution is -0.136. The second-order valence-corrected chi connectivity index (χ2v) is 7.49. The van der Waals surface area contributed by atoms with E-state index in [2.05, 4.69) is 35.4 Å². The molecule has 4 heteroatoms. The molecule has 1 aliphatic heterocycles. The van der Waals surface area contributed by atoms with Gasteiger partial charge in [0.2, 0.25) is 5.91 Å². The number of hydrogen-bond acceptors (Lipinski definition) is 2. The predicted molar refractivity (Wildman–Crippen MR) is 99.6 cm³/mol. The topological polar surface area (TPSA) is 45.3 Å². The van der Waals surface area contributed by atoms with Crippen LogP contribution in [0.3, 0.4) is 0 Å². The lowest BCUT2D eigenvalue weighted by atomic mass is 9.75. The Morgan fingerprint density at radius 1 is 1.16 bits per heavy atom. The van der Waals surface area contributed by atoms with Crippen LogP contribution in [0.25, 0.3) is 10.9 Å². The van der Waals surface area contributed by atoms with Crippen LogP contribution in [0.5, 0.6) is 0 Å². The van der Waals surface area contributed by atoms with Crippen LogP contribution in [-0.4, -0.2) is 42.1 Å². The summed E-state index contributed by atoms with van der Waals surface area (Å²) in [6, 6.07) is 8.48. The molecular weight excluding hydrogens is 312 g/mol. The Morgan fingerprint density at radius 3 is 2.72 bits per heavy atom. The van der Waals surface area contributed by atoms with E-state index in [0.29, 0.717) is 37.4 Å². The molecule has 0 spiro atoms. The molecule has 1 unspecified atom stereocenters. The highest BCUT2D eigenvalue weighted by Crippen LogP contribution is 2.41. The summed E-state index contributed by atoms with van der Waals surface area (Å²) in [5.41, 5.74) is 2.52. The number of nitrogens with zero attached hydrogens (tertiary/aromatic N) is 1. The molecule has 2 fully saturated rings. The van der Waals surface area contributed by atoms with Crippen molar-refractivity contribution in [1.82, 2.24) is 9.88 Å². The lowest BCUT2D eigenvalue weighted by Crippen LogP contribution is -2.41. The lowest BCUT2D eigenvalue weighted by Gasteiger charge is -2.33. The van der Waals surface area contributed by atoms with Gasteiger partial charge in [0.25, 0.3) is 0 Å². The van der Waals surface area contributed by atoms with Crippen LogP contribution < -0.4 is 0 Å². The van der Waals surface area contributed by atoms with Gasteiger partial charge in [-0.1, -0.05) is 37.5 Å². The van der Waals surface area contributed by atoms with E-state index < -0.39 is 0 Å². The van der Waals surface area contributed by atoms with E-state index in [-0.39, 0.29) is 0 Å². The van der Waals surface area contributed by atoms with Crippen molar-refractivity contribution in [2.24, 2.45) is 5.92 Å². The zero-order valence-corrected chi connectivity index (χ0v) is 14.9. The third kappa shape index (κ3) is 3.59. The normalized spacial score (nSPS) is 20.7. The number of carbonyl (C=O) groups excluding carboxylic acids is 1. The number of ether oxygens (including phenoxy) is 1. The largest absolute Gasteiger partial charge is 0.378 e. The van der Waals surface area contributed by atoms with Crippen molar-refractivity contribution in [2.45, 2.75) is 44.4 Å². The van der Waals surface area contributed by atoms with Crippen LogP contribution in [0.1, 0.15) is 50.0 Å². The summed E-state index contributed by atoms with van der Waals surface area (Å²) in [6.07, 6.45) is 9.23. The summed E-state index contributed by atoms with van der Waals surface area (Å²) in [6.45, 7) is 2.83. The zero-order chi connectivity index (χ0) is 17.1. The fraction of sp³-hybridized carbons (Fsp3) is 0.571. The third-order valence-corrected chi connectivity index (χ3v) is 6.00. The SMILES string of the molecule is O=C(CC(c1c[nH]c2ccccc12)C1CCCCC1)N1CCOCC1. The number of para-hydroxylation sites is 1. The summed E-state index contributed by atoms with van der Waals surface area (Å²) in [5, 5.41) is 1.29. The number of morpholine rings is 1. The monoisotopic (exact) mass is 340 g/mol. The minimum atomic E-state index is 0.296. The van der Waals surface area contributed by atoms with Gasteiger partial charge in [-0.15, -0.1) is 0 Å². The van der Waals surface area contributed by atoms with Crippen LogP contribution in [0.15, 0.2) is 30.5 Å². The molecule has 25 heavy (non-hydrogen) atoms. The minimum absolute atomic E-state index is 0.296. The van der Waals surface area contributed by atoms with E-state index in [1.54, 1.807) is 0 Å². The summed E-state index contributed by atoms with van der Waals surface area (Å²) < 4.78 is 5.40. The highest BCUT2D eigenvalue weighted by Gasteiger charge is 2.30. The smallest absolute Gasteiger partial charge is 0.223 e. The van der Waals surface area contributed by atoms with E-state index in [1.165, 1.54) is 48.6 Å². The number of nitrogens with one attached hydrogen (secondary N) is 1. The Hall–Kier alpha value is -1.81. The second-order valence-electron chi connectivity index (χ2n) is 7.49. The molecular formula is C21H28N2O2. The molecule has 4 rings (SSSR count). The first kappa shape index (κ1) is 16.6. The number of hydrogen-bond donors (Lipinski definition) is 1. The molecule has 1 saturated heterocycles. The average molecular weight is 340 g/mol. The standard InChI is InChI=1S/C21H28N2O2/c24-21(23-10-12-25-13-11-23)14-18(16-6-2-1-3-7-16)19-15-22-20-9-5-4-8-17(19)20/h4-5,8-9,15-16,18,22H,1-3,6-7,10-14H2. The third-order valence-electron chi connectivity index (χ3n) is 6.00. The Kier molecular flexibility index (Phi) is 5.07. The number of aromatic nitrogens is 1. The highest BCUT2D eigenvalue weighted by atomic mass is 16.5. The van der Waals surface area contributed by atoms with Crippen molar-refractivity contribution in [3.63, 3.8) is 0 Å². The molecule has 1 aromatic heterocycles. The van der Waals surface area contributed by atoms with Crippen molar-refractivity contribution in [3.05, 3.63) is 36.0 Å². The summed E-state index contributed by atoms with van der Waals surface area (Å²) in [5.74, 6) is 1.24. The first-order valence-electron chi connectivity index (χ1n) is 9.74. The van der Waals surface area contributed by atoms with Gasteiger partial charge in [-0.05, 0) is 36.3 Å². The number of amides is 1. The molecule has 1 aromatic carbocycles. The minimum Gasteiger partial charge on any atom is -0.378 e. The first-order chi connectivity index (χ1) is 12.3. The van der Waals surface area contributed by atoms with Crippen molar-refractivity contribution in [2.75, 3.05) is 26.3 Å². The summed E-state index contributed by atoms with van der Waals surface area (Å²) in [4.78, 5) is 18.4. The fourth-order valence-corrected chi connectivity index (χ4v) is 4.60. The molecule has 0 radical (unpaired) electrons. The van der Waals surface area contributed by atoms with Gasteiger partial charge in [-0.25, -0.2) is 0 Å². The number of aromatic amines is 1. The molecule has 1 amide bonds. The molecule has 1 atom stereocenters. The first-order valence-corrected chi connectivity index (χ1v) is 9.74. The molecule has 1 N–H and O–H groups in total. The quantitative estimate of drug-likeness (QED) is 0.911. The highest BCUT2D eigenvalue weighted by molar-refractivity contribution is 5.85. The molecule has 2 aromatic rings. The second kappa shape index (κ2) is 7.61. The van der Waals surface area contributed by atoms with Gasteiger partial charge >= 0.3 is 0 Å². The summed E-state index contributed by atoms with van der Waals surface area (Å²) in [7, 11) is 0. The number of benzene rings is 1. The molecule has 2 heterocycles. The van der Waals surface area contributed by atoms with Gasteiger partial charge in [0.1, 0.15) is 0 Å². The van der Waals surface area contributed by atoms with Crippen LogP contribution in [0.4, 0.5) is 0 Å². The fourth-order valence-electron chi connectivity index (χ4n) is 4.60. The molecule has 2 aliphatic rings. The predicted octanol–water partition coefficient (Wildman–Crippen LogP) is 4.08. The van der Waals surface area contributed by atoms with Crippen molar-refractivity contribution in [3.8, 4) is 0 Å². The maximum absolute atomic E-state index is 12.9. The van der Waals surface area contributed by atoms with E-state index in [0.717, 1.165) is 13.1 Å². The van der Waals surface area contributed by atoms with Gasteiger partial charge in [-0.3, -0.25) is 4.79 Å². The molecule has 0 bridgehead atoms. The zero-order valence-electron chi connectivity index (χ0n) is 14.9. The number of carbonyl (C=O) groups is 1. The van der Waals surface area contributed by atoms with E-state index in [1.807, 2.05) is 4.90 Å². The number of H-pyrrole nitrogens is 1. The van der Waals surface area contributed by atoms with Gasteiger partial charge in [0.15, 0.2) is 0 Å².